The van der Waals surface area contributed by atoms with Gasteiger partial charge in [-0.3, -0.25) is 14.9 Å². The van der Waals surface area contributed by atoms with E-state index in [4.69, 9.17) is 0 Å². The van der Waals surface area contributed by atoms with Gasteiger partial charge in [0.2, 0.25) is 0 Å². The molecule has 0 saturated carbocycles. The van der Waals surface area contributed by atoms with E-state index in [-0.39, 0.29) is 11.5 Å². The van der Waals surface area contributed by atoms with Crippen LogP contribution in [0.3, 0.4) is 0 Å². The molecule has 0 amide bonds. The summed E-state index contributed by atoms with van der Waals surface area (Å²) >= 11 is 5.00. The van der Waals surface area contributed by atoms with Gasteiger partial charge in [-0.2, -0.15) is 0 Å². The third-order valence-corrected chi connectivity index (χ3v) is 3.33. The highest BCUT2D eigenvalue weighted by Gasteiger charge is 2.18. The summed E-state index contributed by atoms with van der Waals surface area (Å²) in [5.74, 6) is -0.0834. The molecule has 1 aromatic carbocycles. The van der Waals surface area contributed by atoms with Gasteiger partial charge in [-0.15, -0.1) is 0 Å². The standard InChI is InChI=1S/C9H7BrINO3/c10-5-4-8(13)6-2-1-3-7(9(6)11)12(14)15/h1-3H,4-5H2. The van der Waals surface area contributed by atoms with E-state index >= 15 is 0 Å². The van der Waals surface area contributed by atoms with Gasteiger partial charge in [0.25, 0.3) is 5.69 Å². The summed E-state index contributed by atoms with van der Waals surface area (Å²) in [6.45, 7) is 0. The highest BCUT2D eigenvalue weighted by molar-refractivity contribution is 14.1. The van der Waals surface area contributed by atoms with Crippen LogP contribution in [0.15, 0.2) is 18.2 Å². The number of nitro groups is 1. The Morgan fingerprint density at radius 1 is 1.53 bits per heavy atom. The van der Waals surface area contributed by atoms with Crippen LogP contribution in [0.25, 0.3) is 0 Å². The molecule has 0 spiro atoms. The molecule has 0 fully saturated rings. The Hall–Kier alpha value is -0.500. The zero-order valence-corrected chi connectivity index (χ0v) is 11.3. The van der Waals surface area contributed by atoms with Crippen molar-refractivity contribution in [1.29, 1.82) is 0 Å². The quantitative estimate of drug-likeness (QED) is 0.264. The topological polar surface area (TPSA) is 60.2 Å². The largest absolute Gasteiger partial charge is 0.294 e. The third-order valence-electron chi connectivity index (χ3n) is 1.80. The van der Waals surface area contributed by atoms with Crippen molar-refractivity contribution in [3.8, 4) is 0 Å². The van der Waals surface area contributed by atoms with E-state index in [0.717, 1.165) is 0 Å². The molecule has 15 heavy (non-hydrogen) atoms. The molecule has 0 radical (unpaired) electrons. The van der Waals surface area contributed by atoms with Crippen LogP contribution in [0, 0.1) is 13.7 Å². The minimum Gasteiger partial charge on any atom is -0.294 e. The Kier molecular flexibility index (Phi) is 4.65. The minimum absolute atomic E-state index is 0.0176. The van der Waals surface area contributed by atoms with Gasteiger partial charge in [0.1, 0.15) is 3.57 Å². The second-order valence-corrected chi connectivity index (χ2v) is 4.63. The number of ketones is 1. The Morgan fingerprint density at radius 3 is 2.73 bits per heavy atom. The van der Waals surface area contributed by atoms with E-state index in [1.54, 1.807) is 6.07 Å². The second kappa shape index (κ2) is 5.55. The summed E-state index contributed by atoms with van der Waals surface area (Å²) in [7, 11) is 0. The Balaban J connectivity index is 3.15. The van der Waals surface area contributed by atoms with Crippen LogP contribution in [0.2, 0.25) is 0 Å². The highest BCUT2D eigenvalue weighted by Crippen LogP contribution is 2.25. The van der Waals surface area contributed by atoms with E-state index in [0.29, 0.717) is 20.9 Å². The monoisotopic (exact) mass is 383 g/mol. The van der Waals surface area contributed by atoms with E-state index in [1.807, 2.05) is 22.6 Å². The van der Waals surface area contributed by atoms with Crippen molar-refractivity contribution in [3.05, 3.63) is 37.4 Å². The van der Waals surface area contributed by atoms with Crippen molar-refractivity contribution in [2.75, 3.05) is 5.33 Å². The molecule has 0 atom stereocenters. The molecule has 0 N–H and O–H groups in total. The van der Waals surface area contributed by atoms with Gasteiger partial charge in [-0.25, -0.2) is 0 Å². The van der Waals surface area contributed by atoms with Crippen LogP contribution in [0.1, 0.15) is 16.8 Å². The van der Waals surface area contributed by atoms with Gasteiger partial charge >= 0.3 is 0 Å². The summed E-state index contributed by atoms with van der Waals surface area (Å²) in [5, 5.41) is 11.2. The summed E-state index contributed by atoms with van der Waals surface area (Å²) in [6, 6.07) is 4.54. The number of nitro benzene ring substituents is 1. The average molecular weight is 384 g/mol. The van der Waals surface area contributed by atoms with E-state index in [2.05, 4.69) is 15.9 Å². The van der Waals surface area contributed by atoms with Crippen LogP contribution in [-0.2, 0) is 0 Å². The number of benzene rings is 1. The summed E-state index contributed by atoms with van der Waals surface area (Å²) in [4.78, 5) is 21.7. The predicted octanol–water partition coefficient (Wildman–Crippen LogP) is 3.17. The maximum Gasteiger partial charge on any atom is 0.283 e. The van der Waals surface area contributed by atoms with Gasteiger partial charge in [-0.1, -0.05) is 22.0 Å². The summed E-state index contributed by atoms with van der Waals surface area (Å²) in [5.41, 5.74) is 0.403. The molecule has 0 aromatic heterocycles. The number of hydrogen-bond acceptors (Lipinski definition) is 3. The van der Waals surface area contributed by atoms with Gasteiger partial charge in [0.15, 0.2) is 5.78 Å². The molecule has 0 aliphatic carbocycles. The molecule has 0 saturated heterocycles. The number of nitrogens with zero attached hydrogens (tertiary/aromatic N) is 1. The van der Waals surface area contributed by atoms with Crippen molar-refractivity contribution in [2.45, 2.75) is 6.42 Å². The number of hydrogen-bond donors (Lipinski definition) is 0. The Labute approximate surface area is 108 Å². The molecule has 0 aliphatic rings. The van der Waals surface area contributed by atoms with E-state index < -0.39 is 4.92 Å². The molecule has 4 nitrogen and oxygen atoms in total. The van der Waals surface area contributed by atoms with E-state index in [9.17, 15) is 14.9 Å². The molecule has 0 unspecified atom stereocenters. The molecule has 1 aromatic rings. The Morgan fingerprint density at radius 2 is 2.20 bits per heavy atom. The SMILES string of the molecule is O=C(CCBr)c1cccc([N+](=O)[O-])c1I. The molecular weight excluding hydrogens is 377 g/mol. The fraction of sp³-hybridized carbons (Fsp3) is 0.222. The fourth-order valence-corrected chi connectivity index (χ4v) is 2.31. The number of halogens is 2. The zero-order valence-electron chi connectivity index (χ0n) is 7.57. The molecule has 0 heterocycles. The lowest BCUT2D eigenvalue weighted by molar-refractivity contribution is -0.385. The van der Waals surface area contributed by atoms with Crippen molar-refractivity contribution >= 4 is 50.0 Å². The first-order chi connectivity index (χ1) is 7.07. The van der Waals surface area contributed by atoms with Crippen LogP contribution in [-0.4, -0.2) is 16.0 Å². The zero-order chi connectivity index (χ0) is 11.4. The first-order valence-electron chi connectivity index (χ1n) is 4.10. The number of carbonyl (C=O) groups is 1. The van der Waals surface area contributed by atoms with Crippen LogP contribution in [0.4, 0.5) is 5.69 Å². The number of rotatable bonds is 4. The first kappa shape index (κ1) is 12.6. The molecule has 80 valence electrons. The normalized spacial score (nSPS) is 10.0. The Bertz CT molecular complexity index is 408. The van der Waals surface area contributed by atoms with E-state index in [1.165, 1.54) is 12.1 Å². The average Bonchev–Trinajstić information content (AvgIpc) is 2.17. The summed E-state index contributed by atoms with van der Waals surface area (Å²) < 4.78 is 0.408. The highest BCUT2D eigenvalue weighted by atomic mass is 127. The number of Topliss-reactive ketones (excluding diaryl/α,β-unsaturated/α-hetero) is 1. The predicted molar refractivity (Wildman–Crippen MR) is 68.6 cm³/mol. The lowest BCUT2D eigenvalue weighted by atomic mass is 10.1. The molecule has 1 rings (SSSR count). The van der Waals surface area contributed by atoms with Gasteiger partial charge in [0, 0.05) is 23.4 Å². The van der Waals surface area contributed by atoms with Gasteiger partial charge < -0.3 is 0 Å². The van der Waals surface area contributed by atoms with Crippen LogP contribution in [0.5, 0.6) is 0 Å². The molecule has 6 heteroatoms. The lowest BCUT2D eigenvalue weighted by Crippen LogP contribution is -2.04. The van der Waals surface area contributed by atoms with Crippen molar-refractivity contribution in [2.24, 2.45) is 0 Å². The first-order valence-corrected chi connectivity index (χ1v) is 6.30. The van der Waals surface area contributed by atoms with Crippen LogP contribution < -0.4 is 0 Å². The maximum atomic E-state index is 11.6. The number of alkyl halides is 1. The molecule has 0 aliphatic heterocycles. The summed E-state index contributed by atoms with van der Waals surface area (Å²) in [6.07, 6.45) is 0.344. The molecule has 0 bridgehead atoms. The van der Waals surface area contributed by atoms with Crippen molar-refractivity contribution in [3.63, 3.8) is 0 Å². The van der Waals surface area contributed by atoms with Gasteiger partial charge in [-0.05, 0) is 28.7 Å². The fourth-order valence-electron chi connectivity index (χ4n) is 1.10. The third kappa shape index (κ3) is 2.97. The van der Waals surface area contributed by atoms with Gasteiger partial charge in [0.05, 0.1) is 4.92 Å². The smallest absolute Gasteiger partial charge is 0.283 e. The minimum atomic E-state index is -0.479. The number of carbonyl (C=O) groups excluding carboxylic acids is 1. The second-order valence-electron chi connectivity index (χ2n) is 2.76. The maximum absolute atomic E-state index is 11.6. The molecular formula is C9H7BrINO3. The van der Waals surface area contributed by atoms with Crippen molar-refractivity contribution in [1.82, 2.24) is 0 Å². The van der Waals surface area contributed by atoms with Crippen LogP contribution >= 0.6 is 38.5 Å². The lowest BCUT2D eigenvalue weighted by Gasteiger charge is -2.02. The van der Waals surface area contributed by atoms with Crippen molar-refractivity contribution < 1.29 is 9.72 Å².